The highest BCUT2D eigenvalue weighted by Crippen LogP contribution is 2.37. The zero-order valence-corrected chi connectivity index (χ0v) is 19.9. The van der Waals surface area contributed by atoms with Crippen molar-refractivity contribution in [3.05, 3.63) is 75.3 Å². The number of pyridine rings is 1. The molecule has 0 radical (unpaired) electrons. The normalized spacial score (nSPS) is 15.1. The molecule has 3 N–H and O–H groups in total. The summed E-state index contributed by atoms with van der Waals surface area (Å²) in [6.45, 7) is 0.888. The Hall–Kier alpha value is -4.38. The number of carbonyl (C=O) groups is 1. The van der Waals surface area contributed by atoms with Crippen molar-refractivity contribution in [1.29, 1.82) is 0 Å². The molecule has 1 aromatic carbocycles. The topological polar surface area (TPSA) is 147 Å². The van der Waals surface area contributed by atoms with Gasteiger partial charge in [0.25, 0.3) is 5.56 Å². The summed E-state index contributed by atoms with van der Waals surface area (Å²) in [4.78, 5) is 50.9. The summed E-state index contributed by atoms with van der Waals surface area (Å²) in [5, 5.41) is 3.19. The first-order valence-corrected chi connectivity index (χ1v) is 11.4. The van der Waals surface area contributed by atoms with E-state index in [4.69, 9.17) is 10.5 Å². The minimum Gasteiger partial charge on any atom is -0.381 e. The molecule has 36 heavy (non-hydrogen) atoms. The maximum atomic E-state index is 13.7. The molecule has 0 unspecified atom stereocenters. The lowest BCUT2D eigenvalue weighted by Gasteiger charge is -2.36. The van der Waals surface area contributed by atoms with Crippen LogP contribution in [0, 0.1) is 0 Å². The molecule has 1 fully saturated rings. The largest absolute Gasteiger partial charge is 0.381 e. The number of nitrogens with one attached hydrogen (secondary N) is 1. The molecular weight excluding hydrogens is 462 g/mol. The van der Waals surface area contributed by atoms with Crippen molar-refractivity contribution in [1.82, 2.24) is 24.1 Å². The fourth-order valence-electron chi connectivity index (χ4n) is 4.62. The smallest absolute Gasteiger partial charge is 0.332 e. The van der Waals surface area contributed by atoms with Gasteiger partial charge in [-0.15, -0.1) is 0 Å². The summed E-state index contributed by atoms with van der Waals surface area (Å²) >= 11 is 0. The van der Waals surface area contributed by atoms with E-state index < -0.39 is 16.7 Å². The van der Waals surface area contributed by atoms with E-state index in [-0.39, 0.29) is 22.9 Å². The molecule has 0 saturated carbocycles. The van der Waals surface area contributed by atoms with Crippen molar-refractivity contribution >= 4 is 28.6 Å². The molecule has 3 aromatic heterocycles. The van der Waals surface area contributed by atoms with Crippen LogP contribution in [0.5, 0.6) is 0 Å². The van der Waals surface area contributed by atoms with Crippen molar-refractivity contribution in [3.8, 4) is 11.1 Å². The molecule has 5 rings (SSSR count). The van der Waals surface area contributed by atoms with E-state index in [1.807, 2.05) is 24.3 Å². The Kier molecular flexibility index (Phi) is 5.84. The number of hydrogen-bond acceptors (Lipinski definition) is 8. The van der Waals surface area contributed by atoms with Crippen LogP contribution in [-0.2, 0) is 29.0 Å². The average Bonchev–Trinajstić information content (AvgIpc) is 2.91. The zero-order chi connectivity index (χ0) is 25.4. The zero-order valence-electron chi connectivity index (χ0n) is 19.9. The van der Waals surface area contributed by atoms with Gasteiger partial charge < -0.3 is 15.8 Å². The van der Waals surface area contributed by atoms with Crippen molar-refractivity contribution in [2.75, 3.05) is 24.3 Å². The Labute approximate surface area is 205 Å². The van der Waals surface area contributed by atoms with E-state index in [0.29, 0.717) is 31.7 Å². The minimum atomic E-state index is -0.822. The van der Waals surface area contributed by atoms with Crippen LogP contribution >= 0.6 is 0 Å². The highest BCUT2D eigenvalue weighted by molar-refractivity contribution is 6.00. The fourth-order valence-corrected chi connectivity index (χ4v) is 4.62. The second-order valence-corrected chi connectivity index (χ2v) is 8.86. The van der Waals surface area contributed by atoms with E-state index in [1.165, 1.54) is 17.8 Å². The Morgan fingerprint density at radius 3 is 2.31 bits per heavy atom. The predicted octanol–water partition coefficient (Wildman–Crippen LogP) is 1.36. The highest BCUT2D eigenvalue weighted by atomic mass is 16.5. The number of benzene rings is 1. The number of rotatable bonds is 4. The number of aryl methyl sites for hydroxylation is 1. The lowest BCUT2D eigenvalue weighted by molar-refractivity contribution is -0.125. The highest BCUT2D eigenvalue weighted by Gasteiger charge is 2.41. The number of nitrogens with two attached hydrogens (primary N) is 1. The summed E-state index contributed by atoms with van der Waals surface area (Å²) in [6.07, 6.45) is 5.76. The predicted molar refractivity (Wildman–Crippen MR) is 134 cm³/mol. The summed E-state index contributed by atoms with van der Waals surface area (Å²) in [7, 11) is 2.96. The van der Waals surface area contributed by atoms with Crippen LogP contribution in [0.1, 0.15) is 18.4 Å². The van der Waals surface area contributed by atoms with Crippen LogP contribution in [0.4, 0.5) is 11.6 Å². The third-order valence-corrected chi connectivity index (χ3v) is 6.77. The summed E-state index contributed by atoms with van der Waals surface area (Å²) in [5.41, 5.74) is 7.04. The van der Waals surface area contributed by atoms with Gasteiger partial charge in [0, 0.05) is 45.3 Å². The molecular formula is C25H25N7O4. The molecule has 0 aliphatic carbocycles. The number of ether oxygens (including phenoxy) is 1. The van der Waals surface area contributed by atoms with Gasteiger partial charge in [0.1, 0.15) is 5.65 Å². The van der Waals surface area contributed by atoms with Crippen LogP contribution in [0.2, 0.25) is 0 Å². The molecule has 184 valence electrons. The molecule has 1 aliphatic rings. The molecule has 0 atom stereocenters. The number of aromatic nitrogens is 5. The molecule has 11 nitrogen and oxygen atoms in total. The molecule has 0 bridgehead atoms. The van der Waals surface area contributed by atoms with Gasteiger partial charge in [-0.3, -0.25) is 18.7 Å². The monoisotopic (exact) mass is 487 g/mol. The van der Waals surface area contributed by atoms with Crippen LogP contribution in [0.15, 0.2) is 58.5 Å². The first-order chi connectivity index (χ1) is 17.3. The van der Waals surface area contributed by atoms with E-state index in [2.05, 4.69) is 20.3 Å². The standard InChI is InChI=1S/C25H25N7O4/c1-31-20-19(21(33)32(2)24(31)35)11-18(14-27-20)30-22(34)25(7-9-36-10-8-25)17-5-3-15(4-6-17)16-12-28-23(26)29-13-16/h3-6,11-14H,7-10H2,1-2H3,(H,30,34)(H2,26,28,29). The molecule has 1 amide bonds. The first-order valence-electron chi connectivity index (χ1n) is 11.4. The summed E-state index contributed by atoms with van der Waals surface area (Å²) < 4.78 is 7.88. The molecule has 0 spiro atoms. The fraction of sp³-hybridized carbons (Fsp3) is 0.280. The van der Waals surface area contributed by atoms with E-state index in [0.717, 1.165) is 21.3 Å². The first kappa shape index (κ1) is 23.4. The molecule has 4 heterocycles. The third kappa shape index (κ3) is 3.93. The van der Waals surface area contributed by atoms with Crippen LogP contribution in [-0.4, -0.2) is 43.2 Å². The summed E-state index contributed by atoms with van der Waals surface area (Å²) in [6, 6.07) is 9.27. The molecule has 1 saturated heterocycles. The van der Waals surface area contributed by atoms with Crippen LogP contribution in [0.25, 0.3) is 22.2 Å². The number of amides is 1. The number of anilines is 2. The van der Waals surface area contributed by atoms with Gasteiger partial charge in [-0.05, 0) is 30.0 Å². The number of carbonyl (C=O) groups excluding carboxylic acids is 1. The van der Waals surface area contributed by atoms with Crippen molar-refractivity contribution < 1.29 is 9.53 Å². The molecule has 1 aliphatic heterocycles. The number of nitrogen functional groups attached to an aromatic ring is 1. The van der Waals surface area contributed by atoms with E-state index in [9.17, 15) is 14.4 Å². The maximum absolute atomic E-state index is 13.7. The van der Waals surface area contributed by atoms with Gasteiger partial charge in [-0.2, -0.15) is 0 Å². The van der Waals surface area contributed by atoms with Crippen LogP contribution in [0.3, 0.4) is 0 Å². The minimum absolute atomic E-state index is 0.205. The van der Waals surface area contributed by atoms with Crippen molar-refractivity contribution in [3.63, 3.8) is 0 Å². The Bertz CT molecular complexity index is 1570. The van der Waals surface area contributed by atoms with E-state index in [1.54, 1.807) is 25.5 Å². The average molecular weight is 488 g/mol. The molecule has 11 heteroatoms. The quantitative estimate of drug-likeness (QED) is 0.439. The van der Waals surface area contributed by atoms with Crippen molar-refractivity contribution in [2.45, 2.75) is 18.3 Å². The van der Waals surface area contributed by atoms with Gasteiger partial charge >= 0.3 is 5.69 Å². The van der Waals surface area contributed by atoms with Gasteiger partial charge in [-0.1, -0.05) is 24.3 Å². The Morgan fingerprint density at radius 1 is 0.972 bits per heavy atom. The summed E-state index contributed by atoms with van der Waals surface area (Å²) in [5.74, 6) is -0.00591. The second kappa shape index (κ2) is 9.00. The third-order valence-electron chi connectivity index (χ3n) is 6.77. The maximum Gasteiger partial charge on any atom is 0.332 e. The van der Waals surface area contributed by atoms with Gasteiger partial charge in [0.15, 0.2) is 0 Å². The van der Waals surface area contributed by atoms with Gasteiger partial charge in [0.05, 0.1) is 22.7 Å². The van der Waals surface area contributed by atoms with Crippen LogP contribution < -0.4 is 22.3 Å². The SMILES string of the molecule is Cn1c(=O)c2cc(NC(=O)C3(c4ccc(-c5cnc(N)nc5)cc4)CCOCC3)cnc2n(C)c1=O. The Morgan fingerprint density at radius 2 is 1.64 bits per heavy atom. The molecule has 4 aromatic rings. The second-order valence-electron chi connectivity index (χ2n) is 8.86. The van der Waals surface area contributed by atoms with E-state index >= 15 is 0 Å². The Balaban J connectivity index is 1.49. The van der Waals surface area contributed by atoms with Crippen molar-refractivity contribution in [2.24, 2.45) is 14.1 Å². The lowest BCUT2D eigenvalue weighted by atomic mass is 9.73. The lowest BCUT2D eigenvalue weighted by Crippen LogP contribution is -2.45. The number of fused-ring (bicyclic) bond motifs is 1. The van der Waals surface area contributed by atoms with Gasteiger partial charge in [0.2, 0.25) is 11.9 Å². The number of nitrogens with zero attached hydrogens (tertiary/aromatic N) is 5. The van der Waals surface area contributed by atoms with Gasteiger partial charge in [-0.25, -0.2) is 19.7 Å². The number of hydrogen-bond donors (Lipinski definition) is 2.